The summed E-state index contributed by atoms with van der Waals surface area (Å²) >= 11 is 0. The zero-order valence-corrected chi connectivity index (χ0v) is 13.2. The number of hydrogen-bond acceptors (Lipinski definition) is 4. The van der Waals surface area contributed by atoms with E-state index >= 15 is 0 Å². The SMILES string of the molecule is CC1CCCN(c2cc(S(=O)(=O)N(C)C)ccc2N)C1. The van der Waals surface area contributed by atoms with Gasteiger partial charge in [-0.1, -0.05) is 6.92 Å². The van der Waals surface area contributed by atoms with Crippen molar-refractivity contribution in [3.05, 3.63) is 18.2 Å². The molecule has 1 saturated heterocycles. The summed E-state index contributed by atoms with van der Waals surface area (Å²) in [7, 11) is -0.345. The number of rotatable bonds is 3. The van der Waals surface area contributed by atoms with E-state index in [2.05, 4.69) is 11.8 Å². The first-order valence-electron chi connectivity index (χ1n) is 6.89. The maximum atomic E-state index is 12.2. The summed E-state index contributed by atoms with van der Waals surface area (Å²) in [5.41, 5.74) is 7.50. The fourth-order valence-corrected chi connectivity index (χ4v) is 3.50. The Kier molecular flexibility index (Phi) is 4.25. The minimum atomic E-state index is -3.42. The smallest absolute Gasteiger partial charge is 0.242 e. The second kappa shape index (κ2) is 5.61. The topological polar surface area (TPSA) is 66.6 Å². The first kappa shape index (κ1) is 15.1. The first-order valence-corrected chi connectivity index (χ1v) is 8.33. The molecule has 2 rings (SSSR count). The molecule has 2 N–H and O–H groups in total. The van der Waals surface area contributed by atoms with Gasteiger partial charge in [0.15, 0.2) is 0 Å². The lowest BCUT2D eigenvalue weighted by Gasteiger charge is -2.33. The fourth-order valence-electron chi connectivity index (χ4n) is 2.58. The van der Waals surface area contributed by atoms with Gasteiger partial charge in [-0.25, -0.2) is 12.7 Å². The molecule has 0 amide bonds. The minimum absolute atomic E-state index is 0.296. The van der Waals surface area contributed by atoms with Gasteiger partial charge >= 0.3 is 0 Å². The monoisotopic (exact) mass is 297 g/mol. The van der Waals surface area contributed by atoms with Crippen molar-refractivity contribution in [2.24, 2.45) is 5.92 Å². The number of piperidine rings is 1. The molecule has 1 aliphatic rings. The quantitative estimate of drug-likeness (QED) is 0.863. The summed E-state index contributed by atoms with van der Waals surface area (Å²) in [5.74, 6) is 0.609. The van der Waals surface area contributed by atoms with Crippen LogP contribution >= 0.6 is 0 Å². The number of anilines is 2. The highest BCUT2D eigenvalue weighted by atomic mass is 32.2. The summed E-state index contributed by atoms with van der Waals surface area (Å²) in [6.07, 6.45) is 2.33. The normalized spacial score (nSPS) is 20.4. The van der Waals surface area contributed by atoms with Crippen LogP contribution in [0.1, 0.15) is 19.8 Å². The summed E-state index contributed by atoms with van der Waals surface area (Å²) in [6, 6.07) is 4.95. The lowest BCUT2D eigenvalue weighted by molar-refractivity contribution is 0.447. The molecule has 0 aliphatic carbocycles. The van der Waals surface area contributed by atoms with Crippen LogP contribution in [0.3, 0.4) is 0 Å². The van der Waals surface area contributed by atoms with Crippen molar-refractivity contribution in [1.82, 2.24) is 4.31 Å². The second-order valence-corrected chi connectivity index (χ2v) is 7.85. The van der Waals surface area contributed by atoms with Crippen LogP contribution in [0.5, 0.6) is 0 Å². The maximum Gasteiger partial charge on any atom is 0.242 e. The molecule has 1 heterocycles. The average molecular weight is 297 g/mol. The van der Waals surface area contributed by atoms with Crippen molar-refractivity contribution in [3.63, 3.8) is 0 Å². The van der Waals surface area contributed by atoms with E-state index in [9.17, 15) is 8.42 Å². The zero-order chi connectivity index (χ0) is 14.9. The summed E-state index contributed by atoms with van der Waals surface area (Å²) in [4.78, 5) is 2.49. The minimum Gasteiger partial charge on any atom is -0.397 e. The highest BCUT2D eigenvalue weighted by Gasteiger charge is 2.22. The number of sulfonamides is 1. The number of nitrogens with zero attached hydrogens (tertiary/aromatic N) is 2. The van der Waals surface area contributed by atoms with E-state index in [4.69, 9.17) is 5.73 Å². The lowest BCUT2D eigenvalue weighted by atomic mass is 9.99. The largest absolute Gasteiger partial charge is 0.397 e. The van der Waals surface area contributed by atoms with Crippen LogP contribution in [0.15, 0.2) is 23.1 Å². The molecule has 1 fully saturated rings. The van der Waals surface area contributed by atoms with E-state index in [1.807, 2.05) is 0 Å². The first-order chi connectivity index (χ1) is 9.32. The van der Waals surface area contributed by atoms with Gasteiger partial charge in [-0.15, -0.1) is 0 Å². The van der Waals surface area contributed by atoms with Crippen LogP contribution in [-0.4, -0.2) is 39.9 Å². The van der Waals surface area contributed by atoms with Gasteiger partial charge in [0.1, 0.15) is 0 Å². The van der Waals surface area contributed by atoms with Crippen molar-refractivity contribution in [2.45, 2.75) is 24.7 Å². The highest BCUT2D eigenvalue weighted by molar-refractivity contribution is 7.89. The molecule has 20 heavy (non-hydrogen) atoms. The second-order valence-electron chi connectivity index (χ2n) is 5.70. The molecule has 112 valence electrons. The average Bonchev–Trinajstić information content (AvgIpc) is 2.38. The van der Waals surface area contributed by atoms with Gasteiger partial charge in [-0.05, 0) is 37.0 Å². The third-order valence-electron chi connectivity index (χ3n) is 3.78. The molecule has 6 heteroatoms. The van der Waals surface area contributed by atoms with Crippen molar-refractivity contribution >= 4 is 21.4 Å². The zero-order valence-electron chi connectivity index (χ0n) is 12.3. The van der Waals surface area contributed by atoms with Gasteiger partial charge in [0, 0.05) is 27.2 Å². The molecule has 0 spiro atoms. The van der Waals surface area contributed by atoms with E-state index in [0.717, 1.165) is 25.2 Å². The Morgan fingerprint density at radius 3 is 2.65 bits per heavy atom. The molecule has 1 aromatic rings. The standard InChI is InChI=1S/C14H23N3O2S/c1-11-5-4-8-17(10-11)14-9-12(6-7-13(14)15)20(18,19)16(2)3/h6-7,9,11H,4-5,8,10,15H2,1-3H3. The van der Waals surface area contributed by atoms with Crippen LogP contribution in [0.4, 0.5) is 11.4 Å². The third kappa shape index (κ3) is 2.91. The fraction of sp³-hybridized carbons (Fsp3) is 0.571. The Bertz CT molecular complexity index is 584. The van der Waals surface area contributed by atoms with E-state index in [-0.39, 0.29) is 0 Å². The van der Waals surface area contributed by atoms with Crippen molar-refractivity contribution < 1.29 is 8.42 Å². The lowest BCUT2D eigenvalue weighted by Crippen LogP contribution is -2.35. The summed E-state index contributed by atoms with van der Waals surface area (Å²) in [5, 5.41) is 0. The Labute approximate surface area is 121 Å². The highest BCUT2D eigenvalue weighted by Crippen LogP contribution is 2.30. The number of benzene rings is 1. The molecule has 5 nitrogen and oxygen atoms in total. The number of nitrogens with two attached hydrogens (primary N) is 1. The van der Waals surface area contributed by atoms with Crippen molar-refractivity contribution in [3.8, 4) is 0 Å². The van der Waals surface area contributed by atoms with Crippen LogP contribution in [0.25, 0.3) is 0 Å². The number of hydrogen-bond donors (Lipinski definition) is 1. The van der Waals surface area contributed by atoms with Gasteiger partial charge in [0.05, 0.1) is 16.3 Å². The van der Waals surface area contributed by atoms with Crippen LogP contribution < -0.4 is 10.6 Å². The molecule has 0 radical (unpaired) electrons. The molecule has 0 aromatic heterocycles. The predicted molar refractivity (Wildman–Crippen MR) is 82.3 cm³/mol. The molecule has 1 aliphatic heterocycles. The van der Waals surface area contributed by atoms with Crippen LogP contribution in [0.2, 0.25) is 0 Å². The van der Waals surface area contributed by atoms with Crippen LogP contribution in [0, 0.1) is 5.92 Å². The summed E-state index contributed by atoms with van der Waals surface area (Å²) < 4.78 is 25.6. The molecule has 0 bridgehead atoms. The molecular formula is C14H23N3O2S. The van der Waals surface area contributed by atoms with E-state index in [1.165, 1.54) is 24.8 Å². The maximum absolute atomic E-state index is 12.2. The van der Waals surface area contributed by atoms with E-state index in [0.29, 0.717) is 16.5 Å². The predicted octanol–water partition coefficient (Wildman–Crippen LogP) is 1.76. The van der Waals surface area contributed by atoms with Gasteiger partial charge in [0.2, 0.25) is 10.0 Å². The van der Waals surface area contributed by atoms with Gasteiger partial charge in [0.25, 0.3) is 0 Å². The van der Waals surface area contributed by atoms with E-state index in [1.54, 1.807) is 18.2 Å². The summed E-state index contributed by atoms with van der Waals surface area (Å²) in [6.45, 7) is 4.07. The molecule has 1 atom stereocenters. The molecule has 1 aromatic carbocycles. The molecule has 0 saturated carbocycles. The van der Waals surface area contributed by atoms with E-state index < -0.39 is 10.0 Å². The Balaban J connectivity index is 2.39. The molecule has 1 unspecified atom stereocenters. The van der Waals surface area contributed by atoms with Crippen molar-refractivity contribution in [2.75, 3.05) is 37.8 Å². The number of nitrogen functional groups attached to an aromatic ring is 1. The Morgan fingerprint density at radius 2 is 2.05 bits per heavy atom. The Morgan fingerprint density at radius 1 is 1.35 bits per heavy atom. The van der Waals surface area contributed by atoms with Crippen LogP contribution in [-0.2, 0) is 10.0 Å². The Hall–Kier alpha value is -1.27. The molecular weight excluding hydrogens is 274 g/mol. The third-order valence-corrected chi connectivity index (χ3v) is 5.59. The van der Waals surface area contributed by atoms with Gasteiger partial charge in [-0.2, -0.15) is 0 Å². The van der Waals surface area contributed by atoms with Gasteiger partial charge in [-0.3, -0.25) is 0 Å². The van der Waals surface area contributed by atoms with Crippen molar-refractivity contribution in [1.29, 1.82) is 0 Å². The van der Waals surface area contributed by atoms with Gasteiger partial charge < -0.3 is 10.6 Å².